The molecule has 6 heteroatoms. The van der Waals surface area contributed by atoms with E-state index in [4.69, 9.17) is 0 Å². The smallest absolute Gasteiger partial charge is 0.241 e. The number of hydrogen-bond donors (Lipinski definition) is 0. The summed E-state index contributed by atoms with van der Waals surface area (Å²) in [6, 6.07) is 2.27. The van der Waals surface area contributed by atoms with E-state index >= 15 is 0 Å². The molecule has 0 radical (unpaired) electrons. The third-order valence-electron chi connectivity index (χ3n) is 2.78. The lowest BCUT2D eigenvalue weighted by atomic mass is 10.1. The zero-order valence-electron chi connectivity index (χ0n) is 11.1. The fourth-order valence-corrected chi connectivity index (χ4v) is 3.11. The third-order valence-corrected chi connectivity index (χ3v) is 4.69. The van der Waals surface area contributed by atoms with Crippen LogP contribution in [0, 0.1) is 11.7 Å². The molecule has 0 saturated heterocycles. The van der Waals surface area contributed by atoms with Gasteiger partial charge >= 0.3 is 0 Å². The first-order valence-corrected chi connectivity index (χ1v) is 7.29. The van der Waals surface area contributed by atoms with E-state index < -0.39 is 20.9 Å². The molecule has 102 valence electrons. The molecule has 0 aliphatic rings. The number of sulfonamides is 1. The molecule has 0 fully saturated rings. The number of rotatable bonds is 5. The van der Waals surface area contributed by atoms with Crippen LogP contribution in [0.2, 0.25) is 0 Å². The summed E-state index contributed by atoms with van der Waals surface area (Å²) in [6.07, 6.45) is 1.99. The van der Waals surface area contributed by atoms with Crippen LogP contribution in [0.15, 0.2) is 23.4 Å². The average molecular weight is 274 g/mol. The lowest BCUT2D eigenvalue weighted by Crippen LogP contribution is -2.36. The highest BCUT2D eigenvalue weighted by molar-refractivity contribution is 7.89. The molecule has 0 saturated carbocycles. The second kappa shape index (κ2) is 5.75. The Morgan fingerprint density at radius 2 is 2.00 bits per heavy atom. The zero-order chi connectivity index (χ0) is 13.9. The van der Waals surface area contributed by atoms with Crippen molar-refractivity contribution in [2.45, 2.75) is 38.3 Å². The van der Waals surface area contributed by atoms with E-state index in [1.165, 1.54) is 23.6 Å². The predicted octanol–water partition coefficient (Wildman–Crippen LogP) is 2.28. The number of pyridine rings is 1. The van der Waals surface area contributed by atoms with Crippen LogP contribution in [-0.2, 0) is 10.0 Å². The van der Waals surface area contributed by atoms with Crippen LogP contribution in [0.5, 0.6) is 0 Å². The van der Waals surface area contributed by atoms with Crippen molar-refractivity contribution < 1.29 is 12.8 Å². The van der Waals surface area contributed by atoms with Crippen LogP contribution in [0.1, 0.15) is 27.2 Å². The van der Waals surface area contributed by atoms with Crippen molar-refractivity contribution in [2.24, 2.45) is 5.92 Å². The summed E-state index contributed by atoms with van der Waals surface area (Å²) >= 11 is 0. The van der Waals surface area contributed by atoms with Gasteiger partial charge < -0.3 is 0 Å². The fourth-order valence-electron chi connectivity index (χ4n) is 1.76. The minimum Gasteiger partial charge on any atom is -0.241 e. The molecule has 0 aromatic carbocycles. The SMILES string of the molecule is CC(C)CC(C)N(C)S(=O)(=O)c1ncccc1F. The van der Waals surface area contributed by atoms with Gasteiger partial charge in [-0.2, -0.15) is 4.31 Å². The van der Waals surface area contributed by atoms with Gasteiger partial charge in [-0.05, 0) is 31.4 Å². The van der Waals surface area contributed by atoms with Crippen molar-refractivity contribution in [3.63, 3.8) is 0 Å². The Hall–Kier alpha value is -1.01. The Balaban J connectivity index is 3.04. The van der Waals surface area contributed by atoms with E-state index in [1.807, 2.05) is 13.8 Å². The zero-order valence-corrected chi connectivity index (χ0v) is 11.9. The number of halogens is 1. The molecule has 4 nitrogen and oxygen atoms in total. The third kappa shape index (κ3) is 3.26. The normalized spacial score (nSPS) is 14.2. The summed E-state index contributed by atoms with van der Waals surface area (Å²) in [5.41, 5.74) is 0. The summed E-state index contributed by atoms with van der Waals surface area (Å²) in [4.78, 5) is 3.63. The lowest BCUT2D eigenvalue weighted by Gasteiger charge is -2.25. The molecule has 0 bridgehead atoms. The Kier molecular flexibility index (Phi) is 4.81. The summed E-state index contributed by atoms with van der Waals surface area (Å²) in [7, 11) is -2.41. The van der Waals surface area contributed by atoms with Gasteiger partial charge in [0.15, 0.2) is 5.82 Å². The largest absolute Gasteiger partial charge is 0.263 e. The van der Waals surface area contributed by atoms with E-state index in [0.29, 0.717) is 12.3 Å². The van der Waals surface area contributed by atoms with Gasteiger partial charge in [-0.3, -0.25) is 0 Å². The van der Waals surface area contributed by atoms with Gasteiger partial charge in [0.25, 0.3) is 10.0 Å². The molecule has 1 rings (SSSR count). The Bertz CT molecular complexity index is 503. The predicted molar refractivity (Wildman–Crippen MR) is 68.1 cm³/mol. The minimum absolute atomic E-state index is 0.198. The monoisotopic (exact) mass is 274 g/mol. The van der Waals surface area contributed by atoms with E-state index in [0.717, 1.165) is 6.07 Å². The van der Waals surface area contributed by atoms with Crippen molar-refractivity contribution in [3.8, 4) is 0 Å². The van der Waals surface area contributed by atoms with Gasteiger partial charge in [-0.15, -0.1) is 0 Å². The van der Waals surface area contributed by atoms with Crippen LogP contribution < -0.4 is 0 Å². The van der Waals surface area contributed by atoms with E-state index in [9.17, 15) is 12.8 Å². The van der Waals surface area contributed by atoms with Crippen molar-refractivity contribution in [1.82, 2.24) is 9.29 Å². The van der Waals surface area contributed by atoms with Crippen molar-refractivity contribution in [1.29, 1.82) is 0 Å². The minimum atomic E-state index is -3.87. The summed E-state index contributed by atoms with van der Waals surface area (Å²) in [6.45, 7) is 5.83. The van der Waals surface area contributed by atoms with E-state index in [-0.39, 0.29) is 6.04 Å². The maximum absolute atomic E-state index is 13.5. The molecular weight excluding hydrogens is 255 g/mol. The summed E-state index contributed by atoms with van der Waals surface area (Å²) in [5.74, 6) is -0.452. The van der Waals surface area contributed by atoms with Crippen molar-refractivity contribution in [3.05, 3.63) is 24.1 Å². The van der Waals surface area contributed by atoms with E-state index in [1.54, 1.807) is 6.92 Å². The first-order chi connectivity index (χ1) is 8.26. The number of aromatic nitrogens is 1. The molecular formula is C12H19FN2O2S. The number of hydrogen-bond acceptors (Lipinski definition) is 3. The molecule has 0 aliphatic carbocycles. The second-order valence-corrected chi connectivity index (χ2v) is 6.70. The van der Waals surface area contributed by atoms with Crippen LogP contribution >= 0.6 is 0 Å². The first kappa shape index (κ1) is 15.0. The molecule has 0 amide bonds. The summed E-state index contributed by atoms with van der Waals surface area (Å²) in [5, 5.41) is -0.511. The van der Waals surface area contributed by atoms with Crippen molar-refractivity contribution in [2.75, 3.05) is 7.05 Å². The maximum Gasteiger partial charge on any atom is 0.263 e. The molecule has 1 unspecified atom stereocenters. The van der Waals surface area contributed by atoms with Gasteiger partial charge in [0.1, 0.15) is 0 Å². The highest BCUT2D eigenvalue weighted by atomic mass is 32.2. The molecule has 1 aromatic rings. The fraction of sp³-hybridized carbons (Fsp3) is 0.583. The van der Waals surface area contributed by atoms with Gasteiger partial charge in [-0.25, -0.2) is 17.8 Å². The lowest BCUT2D eigenvalue weighted by molar-refractivity contribution is 0.335. The second-order valence-electron chi connectivity index (χ2n) is 4.79. The maximum atomic E-state index is 13.5. The average Bonchev–Trinajstić information content (AvgIpc) is 2.27. The standard InChI is InChI=1S/C12H19FN2O2S/c1-9(2)8-10(3)15(4)18(16,17)12-11(13)6-5-7-14-12/h5-7,9-10H,8H2,1-4H3. The highest BCUT2D eigenvalue weighted by Gasteiger charge is 2.29. The highest BCUT2D eigenvalue weighted by Crippen LogP contribution is 2.20. The van der Waals surface area contributed by atoms with Gasteiger partial charge in [-0.1, -0.05) is 13.8 Å². The molecule has 0 spiro atoms. The van der Waals surface area contributed by atoms with E-state index in [2.05, 4.69) is 4.98 Å². The summed E-state index contributed by atoms with van der Waals surface area (Å²) < 4.78 is 39.1. The molecule has 1 atom stereocenters. The quantitative estimate of drug-likeness (QED) is 0.827. The Labute approximate surface area is 108 Å². The molecule has 0 aliphatic heterocycles. The van der Waals surface area contributed by atoms with Crippen LogP contribution in [0.4, 0.5) is 4.39 Å². The number of nitrogens with zero attached hydrogens (tertiary/aromatic N) is 2. The van der Waals surface area contributed by atoms with Crippen LogP contribution in [-0.4, -0.2) is 30.8 Å². The Morgan fingerprint density at radius 1 is 1.39 bits per heavy atom. The van der Waals surface area contributed by atoms with Crippen molar-refractivity contribution >= 4 is 10.0 Å². The van der Waals surface area contributed by atoms with Crippen LogP contribution in [0.3, 0.4) is 0 Å². The van der Waals surface area contributed by atoms with Gasteiger partial charge in [0.2, 0.25) is 5.03 Å². The Morgan fingerprint density at radius 3 is 2.50 bits per heavy atom. The van der Waals surface area contributed by atoms with Gasteiger partial charge in [0.05, 0.1) is 0 Å². The van der Waals surface area contributed by atoms with Gasteiger partial charge in [0, 0.05) is 19.3 Å². The molecule has 18 heavy (non-hydrogen) atoms. The molecule has 1 aromatic heterocycles. The first-order valence-electron chi connectivity index (χ1n) is 5.85. The topological polar surface area (TPSA) is 50.3 Å². The molecule has 0 N–H and O–H groups in total. The van der Waals surface area contributed by atoms with Crippen LogP contribution in [0.25, 0.3) is 0 Å². The molecule has 1 heterocycles.